The third kappa shape index (κ3) is 4.08. The van der Waals surface area contributed by atoms with Crippen LogP contribution in [-0.2, 0) is 0 Å². The SMILES string of the molecule is Cc1cc(Sc2cc(C)cc(N3C=CN(C)C3)c2)cc(N2C=CN(C)C2)c1. The van der Waals surface area contributed by atoms with Crippen LogP contribution in [0.5, 0.6) is 0 Å². The average molecular weight is 379 g/mol. The molecule has 0 atom stereocenters. The van der Waals surface area contributed by atoms with Gasteiger partial charge in [0.15, 0.2) is 0 Å². The molecule has 0 fully saturated rings. The number of hydrogen-bond donors (Lipinski definition) is 0. The maximum absolute atomic E-state index is 2.28. The summed E-state index contributed by atoms with van der Waals surface area (Å²) in [5, 5.41) is 0. The Labute approximate surface area is 166 Å². The Balaban J connectivity index is 1.59. The Morgan fingerprint density at radius 1 is 0.630 bits per heavy atom. The van der Waals surface area contributed by atoms with Gasteiger partial charge in [0.25, 0.3) is 0 Å². The lowest BCUT2D eigenvalue weighted by Crippen LogP contribution is -2.21. The van der Waals surface area contributed by atoms with Crippen molar-refractivity contribution in [3.8, 4) is 0 Å². The topological polar surface area (TPSA) is 13.0 Å². The van der Waals surface area contributed by atoms with Crippen molar-refractivity contribution in [3.05, 3.63) is 72.3 Å². The molecule has 0 spiro atoms. The molecule has 0 aliphatic carbocycles. The molecular weight excluding hydrogens is 352 g/mol. The number of nitrogens with zero attached hydrogens (tertiary/aromatic N) is 4. The molecule has 2 aliphatic heterocycles. The highest BCUT2D eigenvalue weighted by Crippen LogP contribution is 2.35. The van der Waals surface area contributed by atoms with Crippen molar-refractivity contribution in [3.63, 3.8) is 0 Å². The predicted octanol–water partition coefficient (Wildman–Crippen LogP) is 4.82. The second-order valence-corrected chi connectivity index (χ2v) is 8.59. The van der Waals surface area contributed by atoms with Gasteiger partial charge in [-0.2, -0.15) is 0 Å². The number of hydrogen-bond acceptors (Lipinski definition) is 5. The molecule has 0 saturated heterocycles. The lowest BCUT2D eigenvalue weighted by molar-refractivity contribution is 0.495. The smallest absolute Gasteiger partial charge is 0.0938 e. The van der Waals surface area contributed by atoms with Crippen LogP contribution < -0.4 is 9.80 Å². The first kappa shape index (κ1) is 17.9. The predicted molar refractivity (Wildman–Crippen MR) is 115 cm³/mol. The molecule has 2 aromatic carbocycles. The van der Waals surface area contributed by atoms with Gasteiger partial charge in [-0.3, -0.25) is 0 Å². The van der Waals surface area contributed by atoms with Gasteiger partial charge in [-0.1, -0.05) is 11.8 Å². The van der Waals surface area contributed by atoms with Crippen molar-refractivity contribution >= 4 is 23.1 Å². The maximum Gasteiger partial charge on any atom is 0.0938 e. The van der Waals surface area contributed by atoms with E-state index in [2.05, 4.69) is 109 Å². The largest absolute Gasteiger partial charge is 0.361 e. The molecule has 2 heterocycles. The minimum Gasteiger partial charge on any atom is -0.361 e. The first-order valence-corrected chi connectivity index (χ1v) is 9.99. The second-order valence-electron chi connectivity index (χ2n) is 7.44. The van der Waals surface area contributed by atoms with Gasteiger partial charge < -0.3 is 19.6 Å². The Hall–Kier alpha value is -2.53. The van der Waals surface area contributed by atoms with Crippen molar-refractivity contribution in [1.29, 1.82) is 0 Å². The van der Waals surface area contributed by atoms with E-state index in [9.17, 15) is 0 Å². The van der Waals surface area contributed by atoms with E-state index in [1.54, 1.807) is 0 Å². The molecule has 0 radical (unpaired) electrons. The van der Waals surface area contributed by atoms with Crippen molar-refractivity contribution in [2.24, 2.45) is 0 Å². The fraction of sp³-hybridized carbons (Fsp3) is 0.273. The monoisotopic (exact) mass is 378 g/mol. The van der Waals surface area contributed by atoms with Gasteiger partial charge >= 0.3 is 0 Å². The summed E-state index contributed by atoms with van der Waals surface area (Å²) in [7, 11) is 4.20. The summed E-state index contributed by atoms with van der Waals surface area (Å²) >= 11 is 1.83. The Morgan fingerprint density at radius 3 is 1.44 bits per heavy atom. The summed E-state index contributed by atoms with van der Waals surface area (Å²) in [6.07, 6.45) is 8.51. The van der Waals surface area contributed by atoms with Crippen molar-refractivity contribution in [1.82, 2.24) is 9.80 Å². The van der Waals surface area contributed by atoms with E-state index in [1.807, 2.05) is 11.8 Å². The van der Waals surface area contributed by atoms with Gasteiger partial charge in [0, 0.05) is 60.1 Å². The van der Waals surface area contributed by atoms with Crippen LogP contribution in [0, 0.1) is 13.8 Å². The molecule has 0 aromatic heterocycles. The summed E-state index contributed by atoms with van der Waals surface area (Å²) < 4.78 is 0. The third-order valence-corrected chi connectivity index (χ3v) is 5.67. The van der Waals surface area contributed by atoms with Crippen LogP contribution in [0.4, 0.5) is 11.4 Å². The maximum atomic E-state index is 2.28. The zero-order chi connectivity index (χ0) is 19.0. The van der Waals surface area contributed by atoms with Gasteiger partial charge in [0.2, 0.25) is 0 Å². The molecule has 0 bridgehead atoms. The van der Waals surface area contributed by atoms with E-state index in [-0.39, 0.29) is 0 Å². The van der Waals surface area contributed by atoms with Gasteiger partial charge in [0.05, 0.1) is 13.3 Å². The number of aryl methyl sites for hydroxylation is 2. The standard InChI is InChI=1S/C22H26N4S/c1-17-9-19(25-7-5-23(3)15-25)13-21(11-17)27-22-12-18(2)10-20(14-22)26-8-6-24(4)16-26/h5-14H,15-16H2,1-4H3. The van der Waals surface area contributed by atoms with Crippen LogP contribution >= 0.6 is 11.8 Å². The average Bonchev–Trinajstić information content (AvgIpc) is 3.22. The lowest BCUT2D eigenvalue weighted by Gasteiger charge is -2.21. The zero-order valence-corrected chi connectivity index (χ0v) is 17.2. The van der Waals surface area contributed by atoms with E-state index < -0.39 is 0 Å². The van der Waals surface area contributed by atoms with Gasteiger partial charge in [-0.05, 0) is 61.4 Å². The molecular formula is C22H26N4S. The molecule has 2 aromatic rings. The van der Waals surface area contributed by atoms with Crippen LogP contribution in [0.2, 0.25) is 0 Å². The highest BCUT2D eigenvalue weighted by atomic mass is 32.2. The van der Waals surface area contributed by atoms with Crippen molar-refractivity contribution in [2.45, 2.75) is 23.6 Å². The third-order valence-electron chi connectivity index (χ3n) is 4.72. The fourth-order valence-electron chi connectivity index (χ4n) is 3.44. The highest BCUT2D eigenvalue weighted by molar-refractivity contribution is 7.99. The van der Waals surface area contributed by atoms with E-state index in [1.165, 1.54) is 32.3 Å². The summed E-state index contributed by atoms with van der Waals surface area (Å²) in [6, 6.07) is 13.6. The lowest BCUT2D eigenvalue weighted by atomic mass is 10.2. The van der Waals surface area contributed by atoms with E-state index >= 15 is 0 Å². The molecule has 0 N–H and O–H groups in total. The first-order chi connectivity index (χ1) is 13.0. The number of anilines is 2. The zero-order valence-electron chi connectivity index (χ0n) is 16.4. The fourth-order valence-corrected chi connectivity index (χ4v) is 4.56. The van der Waals surface area contributed by atoms with Crippen molar-refractivity contribution in [2.75, 3.05) is 37.2 Å². The first-order valence-electron chi connectivity index (χ1n) is 9.18. The van der Waals surface area contributed by atoms with E-state index in [0.29, 0.717) is 0 Å². The molecule has 2 aliphatic rings. The van der Waals surface area contributed by atoms with Crippen LogP contribution in [0.1, 0.15) is 11.1 Å². The van der Waals surface area contributed by atoms with Crippen LogP contribution in [0.15, 0.2) is 71.0 Å². The minimum absolute atomic E-state index is 0.900. The molecule has 27 heavy (non-hydrogen) atoms. The number of benzene rings is 2. The highest BCUT2D eigenvalue weighted by Gasteiger charge is 2.14. The van der Waals surface area contributed by atoms with Gasteiger partial charge in [0.1, 0.15) is 0 Å². The van der Waals surface area contributed by atoms with Crippen molar-refractivity contribution < 1.29 is 0 Å². The molecule has 0 amide bonds. The summed E-state index contributed by atoms with van der Waals surface area (Å²) in [5.74, 6) is 0. The Kier molecular flexibility index (Phi) is 4.79. The molecule has 5 heteroatoms. The summed E-state index contributed by atoms with van der Waals surface area (Å²) in [6.45, 7) is 6.14. The normalized spacial score (nSPS) is 16.1. The van der Waals surface area contributed by atoms with E-state index in [4.69, 9.17) is 0 Å². The molecule has 4 nitrogen and oxygen atoms in total. The Morgan fingerprint density at radius 2 is 1.07 bits per heavy atom. The van der Waals surface area contributed by atoms with Crippen LogP contribution in [-0.4, -0.2) is 37.2 Å². The van der Waals surface area contributed by atoms with Gasteiger partial charge in [-0.25, -0.2) is 0 Å². The van der Waals surface area contributed by atoms with Crippen LogP contribution in [0.25, 0.3) is 0 Å². The molecule has 0 unspecified atom stereocenters. The summed E-state index contributed by atoms with van der Waals surface area (Å²) in [5.41, 5.74) is 5.06. The molecule has 140 valence electrons. The molecule has 4 rings (SSSR count). The summed E-state index contributed by atoms with van der Waals surface area (Å²) in [4.78, 5) is 11.5. The second kappa shape index (κ2) is 7.24. The quantitative estimate of drug-likeness (QED) is 0.754. The van der Waals surface area contributed by atoms with Crippen LogP contribution in [0.3, 0.4) is 0 Å². The Bertz CT molecular complexity index is 832. The van der Waals surface area contributed by atoms with Gasteiger partial charge in [-0.15, -0.1) is 0 Å². The minimum atomic E-state index is 0.900. The van der Waals surface area contributed by atoms with E-state index in [0.717, 1.165) is 13.3 Å². The number of rotatable bonds is 4. The molecule has 0 saturated carbocycles.